The predicted octanol–water partition coefficient (Wildman–Crippen LogP) is 6.04. The van der Waals surface area contributed by atoms with Crippen molar-refractivity contribution in [2.24, 2.45) is 11.8 Å². The molecule has 1 fully saturated rings. The van der Waals surface area contributed by atoms with Crippen LogP contribution < -0.4 is 4.74 Å². The molecule has 198 valence electrons. The van der Waals surface area contributed by atoms with Gasteiger partial charge >= 0.3 is 5.97 Å². The van der Waals surface area contributed by atoms with Crippen LogP contribution in [0.1, 0.15) is 50.2 Å². The highest BCUT2D eigenvalue weighted by Gasteiger charge is 2.30. The van der Waals surface area contributed by atoms with Crippen LogP contribution in [0.4, 0.5) is 0 Å². The summed E-state index contributed by atoms with van der Waals surface area (Å²) in [5.74, 6) is 1.87. The lowest BCUT2D eigenvalue weighted by Gasteiger charge is -2.39. The van der Waals surface area contributed by atoms with Crippen LogP contribution in [0.15, 0.2) is 65.7 Å². The van der Waals surface area contributed by atoms with Crippen molar-refractivity contribution in [2.45, 2.75) is 49.5 Å². The van der Waals surface area contributed by atoms with E-state index < -0.39 is 12.1 Å². The molecule has 1 aliphatic heterocycles. The number of thioether (sulfide) groups is 1. The molecule has 0 bridgehead atoms. The van der Waals surface area contributed by atoms with E-state index in [1.165, 1.54) is 4.90 Å². The molecule has 37 heavy (non-hydrogen) atoms. The first-order valence-corrected chi connectivity index (χ1v) is 14.2. The number of carbonyl (C=O) groups is 1. The highest BCUT2D eigenvalue weighted by atomic mass is 32.2. The number of hydrogen-bond acceptors (Lipinski definition) is 6. The third-order valence-corrected chi connectivity index (χ3v) is 8.59. The van der Waals surface area contributed by atoms with Crippen LogP contribution in [0.25, 0.3) is 10.9 Å². The molecule has 2 N–H and O–H groups in total. The maximum Gasteiger partial charge on any atom is 0.303 e. The minimum absolute atomic E-state index is 0.205. The summed E-state index contributed by atoms with van der Waals surface area (Å²) in [6.07, 6.45) is 5.76. The van der Waals surface area contributed by atoms with E-state index in [-0.39, 0.29) is 6.42 Å². The Hall–Kier alpha value is -2.61. The zero-order valence-corrected chi connectivity index (χ0v) is 22.4. The second-order valence-electron chi connectivity index (χ2n) is 9.93. The summed E-state index contributed by atoms with van der Waals surface area (Å²) in [7, 11) is 1.64. The Balaban J connectivity index is 1.32. The molecule has 1 aromatic heterocycles. The molecule has 0 amide bonds. The van der Waals surface area contributed by atoms with Crippen molar-refractivity contribution in [1.29, 1.82) is 0 Å². The third kappa shape index (κ3) is 7.94. The highest BCUT2D eigenvalue weighted by molar-refractivity contribution is 7.99. The fourth-order valence-electron chi connectivity index (χ4n) is 5.46. The van der Waals surface area contributed by atoms with Gasteiger partial charge in [-0.1, -0.05) is 18.2 Å². The zero-order chi connectivity index (χ0) is 26.0. The Kier molecular flexibility index (Phi) is 10.2. The first-order chi connectivity index (χ1) is 18.0. The number of nitrogens with zero attached hydrogens (tertiary/aromatic N) is 2. The summed E-state index contributed by atoms with van der Waals surface area (Å²) in [5, 5.41) is 21.4. The second kappa shape index (κ2) is 13.8. The molecule has 3 atom stereocenters. The Bertz CT molecular complexity index is 1140. The van der Waals surface area contributed by atoms with Crippen molar-refractivity contribution in [2.75, 3.05) is 32.5 Å². The summed E-state index contributed by atoms with van der Waals surface area (Å²) in [6, 6.07) is 18.1. The average Bonchev–Trinajstić information content (AvgIpc) is 2.93. The topological polar surface area (TPSA) is 82.9 Å². The molecule has 2 aromatic carbocycles. The number of piperidine rings is 1. The zero-order valence-electron chi connectivity index (χ0n) is 21.6. The molecule has 0 saturated carbocycles. The van der Waals surface area contributed by atoms with E-state index in [1.807, 2.05) is 42.1 Å². The van der Waals surface area contributed by atoms with Gasteiger partial charge in [0.05, 0.1) is 18.7 Å². The van der Waals surface area contributed by atoms with Crippen molar-refractivity contribution < 1.29 is 19.7 Å². The van der Waals surface area contributed by atoms with E-state index in [9.17, 15) is 15.0 Å². The number of methoxy groups -OCH3 is 1. The van der Waals surface area contributed by atoms with Gasteiger partial charge < -0.3 is 19.8 Å². The number of carboxylic acids is 1. The molecular weight excluding hydrogens is 484 g/mol. The number of ether oxygens (including phenoxy) is 1. The van der Waals surface area contributed by atoms with Gasteiger partial charge in [-0.15, -0.1) is 11.8 Å². The number of aliphatic hydroxyl groups excluding tert-OH is 1. The average molecular weight is 523 g/mol. The standard InChI is InChI=1S/C30H38N2O4S/c1-36-24-10-11-28-27(20-24)26(14-16-31-28)29(33)12-8-22-15-18-32(21-23(22)9-13-30(34)35)17-5-19-37-25-6-3-2-4-7-25/h2-4,6-7,10-11,14,16,20,22-23,29,33H,5,8-9,12-13,15,17-19,21H2,1H3,(H,34,35)/t22-,23+,29?/m1/s1. The largest absolute Gasteiger partial charge is 0.497 e. The number of likely N-dealkylation sites (tertiary alicyclic amines) is 1. The Morgan fingerprint density at radius 3 is 2.78 bits per heavy atom. The smallest absolute Gasteiger partial charge is 0.303 e. The number of hydrogen-bond donors (Lipinski definition) is 2. The molecular formula is C30H38N2O4S. The number of pyridine rings is 1. The first kappa shape index (κ1) is 27.4. The van der Waals surface area contributed by atoms with Crippen molar-refractivity contribution in [3.8, 4) is 5.75 Å². The van der Waals surface area contributed by atoms with Gasteiger partial charge in [0.15, 0.2) is 0 Å². The second-order valence-corrected chi connectivity index (χ2v) is 11.1. The molecule has 1 saturated heterocycles. The molecule has 0 spiro atoms. The van der Waals surface area contributed by atoms with Gasteiger partial charge in [-0.05, 0) is 105 Å². The molecule has 3 aromatic rings. The normalized spacial score (nSPS) is 19.1. The van der Waals surface area contributed by atoms with Crippen LogP contribution in [-0.4, -0.2) is 58.6 Å². The lowest BCUT2D eigenvalue weighted by Crippen LogP contribution is -2.41. The Morgan fingerprint density at radius 1 is 1.16 bits per heavy atom. The summed E-state index contributed by atoms with van der Waals surface area (Å²) < 4.78 is 5.38. The maximum absolute atomic E-state index is 11.3. The fraction of sp³-hybridized carbons (Fsp3) is 0.467. The van der Waals surface area contributed by atoms with Crippen LogP contribution in [-0.2, 0) is 4.79 Å². The number of aliphatic carboxylic acids is 1. The Morgan fingerprint density at radius 2 is 2.00 bits per heavy atom. The number of fused-ring (bicyclic) bond motifs is 1. The van der Waals surface area contributed by atoms with Crippen LogP contribution in [0, 0.1) is 11.8 Å². The molecule has 7 heteroatoms. The van der Waals surface area contributed by atoms with Crippen LogP contribution in [0.5, 0.6) is 5.75 Å². The number of carboxylic acid groups (broad SMARTS) is 1. The van der Waals surface area contributed by atoms with E-state index >= 15 is 0 Å². The molecule has 0 radical (unpaired) electrons. The SMILES string of the molecule is COc1ccc2nccc(C(O)CC[C@@H]3CCN(CCCSc4ccccc4)C[C@@H]3CCC(=O)O)c2c1. The van der Waals surface area contributed by atoms with Crippen molar-refractivity contribution >= 4 is 28.6 Å². The number of aromatic nitrogens is 1. The van der Waals surface area contributed by atoms with Gasteiger partial charge in [-0.3, -0.25) is 9.78 Å². The van der Waals surface area contributed by atoms with E-state index in [0.717, 1.165) is 66.9 Å². The Labute approximate surface area is 224 Å². The molecule has 4 rings (SSSR count). The lowest BCUT2D eigenvalue weighted by molar-refractivity contribution is -0.137. The van der Waals surface area contributed by atoms with Gasteiger partial charge in [0.25, 0.3) is 0 Å². The van der Waals surface area contributed by atoms with Crippen molar-refractivity contribution in [3.63, 3.8) is 0 Å². The van der Waals surface area contributed by atoms with E-state index in [2.05, 4.69) is 34.1 Å². The number of rotatable bonds is 13. The quantitative estimate of drug-likeness (QED) is 0.209. The lowest BCUT2D eigenvalue weighted by atomic mass is 9.79. The van der Waals surface area contributed by atoms with E-state index in [4.69, 9.17) is 4.74 Å². The highest BCUT2D eigenvalue weighted by Crippen LogP contribution is 2.35. The van der Waals surface area contributed by atoms with Gasteiger partial charge in [0, 0.05) is 29.4 Å². The minimum Gasteiger partial charge on any atom is -0.497 e. The van der Waals surface area contributed by atoms with Crippen molar-refractivity contribution in [3.05, 3.63) is 66.4 Å². The third-order valence-electron chi connectivity index (χ3n) is 7.49. The molecule has 6 nitrogen and oxygen atoms in total. The molecule has 1 unspecified atom stereocenters. The molecule has 2 heterocycles. The van der Waals surface area contributed by atoms with Crippen LogP contribution in [0.3, 0.4) is 0 Å². The monoisotopic (exact) mass is 522 g/mol. The fourth-order valence-corrected chi connectivity index (χ4v) is 6.32. The summed E-state index contributed by atoms with van der Waals surface area (Å²) in [5.41, 5.74) is 1.72. The van der Waals surface area contributed by atoms with Gasteiger partial charge in [0.2, 0.25) is 0 Å². The van der Waals surface area contributed by atoms with Crippen molar-refractivity contribution in [1.82, 2.24) is 9.88 Å². The summed E-state index contributed by atoms with van der Waals surface area (Å²) >= 11 is 1.89. The molecule has 0 aliphatic carbocycles. The van der Waals surface area contributed by atoms with E-state index in [1.54, 1.807) is 13.3 Å². The predicted molar refractivity (Wildman–Crippen MR) is 149 cm³/mol. The van der Waals surface area contributed by atoms with Gasteiger partial charge in [-0.2, -0.15) is 0 Å². The molecule has 1 aliphatic rings. The minimum atomic E-state index is -0.729. The maximum atomic E-state index is 11.3. The van der Waals surface area contributed by atoms with Gasteiger partial charge in [-0.25, -0.2) is 0 Å². The number of aliphatic hydroxyl groups is 1. The summed E-state index contributed by atoms with van der Waals surface area (Å²) in [4.78, 5) is 19.6. The van der Waals surface area contributed by atoms with Gasteiger partial charge in [0.1, 0.15) is 5.75 Å². The summed E-state index contributed by atoms with van der Waals surface area (Å²) in [6.45, 7) is 3.03. The van der Waals surface area contributed by atoms with E-state index in [0.29, 0.717) is 24.7 Å². The first-order valence-electron chi connectivity index (χ1n) is 13.3. The van der Waals surface area contributed by atoms with Crippen LogP contribution in [0.2, 0.25) is 0 Å². The number of benzene rings is 2. The van der Waals surface area contributed by atoms with Crippen LogP contribution >= 0.6 is 11.8 Å².